The van der Waals surface area contributed by atoms with Gasteiger partial charge in [0.25, 0.3) is 0 Å². The minimum atomic E-state index is 0.461. The Morgan fingerprint density at radius 3 is 2.47 bits per heavy atom. The van der Waals surface area contributed by atoms with Gasteiger partial charge in [0.05, 0.1) is 10.2 Å². The third kappa shape index (κ3) is 3.75. The third-order valence-electron chi connectivity index (χ3n) is 2.69. The van der Waals surface area contributed by atoms with Crippen molar-refractivity contribution in [1.82, 2.24) is 14.9 Å². The van der Waals surface area contributed by atoms with Gasteiger partial charge < -0.3 is 4.90 Å². The highest BCUT2D eigenvalue weighted by atomic mass is 79.9. The van der Waals surface area contributed by atoms with E-state index in [1.54, 1.807) is 0 Å². The predicted molar refractivity (Wildman–Crippen MR) is 82.4 cm³/mol. The van der Waals surface area contributed by atoms with Crippen molar-refractivity contribution in [3.8, 4) is 11.3 Å². The quantitative estimate of drug-likeness (QED) is 0.795. The van der Waals surface area contributed by atoms with Crippen LogP contribution in [0.3, 0.4) is 0 Å². The molecule has 1 aromatic heterocycles. The highest BCUT2D eigenvalue weighted by Gasteiger charge is 2.12. The summed E-state index contributed by atoms with van der Waals surface area (Å²) < 4.78 is 0.744. The lowest BCUT2D eigenvalue weighted by Crippen LogP contribution is -2.16. The fourth-order valence-electron chi connectivity index (χ4n) is 1.69. The maximum absolute atomic E-state index is 6.17. The number of hydrogen-bond acceptors (Lipinski definition) is 3. The Hall–Kier alpha value is -0.970. The van der Waals surface area contributed by atoms with Crippen LogP contribution in [-0.2, 0) is 6.42 Å². The van der Waals surface area contributed by atoms with Gasteiger partial charge in [-0.05, 0) is 30.0 Å². The molecule has 1 aromatic carbocycles. The summed E-state index contributed by atoms with van der Waals surface area (Å²) in [5, 5.41) is 0.461. The van der Waals surface area contributed by atoms with Gasteiger partial charge in [0.15, 0.2) is 0 Å². The van der Waals surface area contributed by atoms with Gasteiger partial charge in [-0.15, -0.1) is 0 Å². The Morgan fingerprint density at radius 2 is 1.84 bits per heavy atom. The van der Waals surface area contributed by atoms with E-state index in [1.165, 1.54) is 0 Å². The molecule has 3 nitrogen and oxygen atoms in total. The lowest BCUT2D eigenvalue weighted by Gasteiger charge is -2.11. The summed E-state index contributed by atoms with van der Waals surface area (Å²) in [4.78, 5) is 11.0. The summed E-state index contributed by atoms with van der Waals surface area (Å²) in [6, 6.07) is 9.97. The number of hydrogen-bond donors (Lipinski definition) is 0. The van der Waals surface area contributed by atoms with Crippen molar-refractivity contribution in [2.45, 2.75) is 6.42 Å². The van der Waals surface area contributed by atoms with Crippen LogP contribution < -0.4 is 0 Å². The first-order valence-corrected chi connectivity index (χ1v) is 7.17. The number of halogens is 2. The van der Waals surface area contributed by atoms with Crippen molar-refractivity contribution in [2.75, 3.05) is 20.6 Å². The monoisotopic (exact) mass is 339 g/mol. The molecule has 19 heavy (non-hydrogen) atoms. The molecule has 0 radical (unpaired) electrons. The van der Waals surface area contributed by atoms with Crippen molar-refractivity contribution in [2.24, 2.45) is 0 Å². The van der Waals surface area contributed by atoms with Gasteiger partial charge in [-0.2, -0.15) is 0 Å². The van der Waals surface area contributed by atoms with Crippen LogP contribution in [0.15, 0.2) is 34.8 Å². The molecule has 1 heterocycles. The Balaban J connectivity index is 2.38. The average molecular weight is 341 g/mol. The SMILES string of the molecule is CN(C)CCc1nc(Cl)c(Br)c(-c2ccccc2)n1. The van der Waals surface area contributed by atoms with Crippen LogP contribution >= 0.6 is 27.5 Å². The van der Waals surface area contributed by atoms with Crippen molar-refractivity contribution in [3.05, 3.63) is 45.8 Å². The first-order valence-electron chi connectivity index (χ1n) is 6.00. The number of rotatable bonds is 4. The van der Waals surface area contributed by atoms with Gasteiger partial charge in [0.2, 0.25) is 0 Å². The largest absolute Gasteiger partial charge is 0.309 e. The molecule has 0 aliphatic heterocycles. The summed E-state index contributed by atoms with van der Waals surface area (Å²) in [5.41, 5.74) is 1.87. The molecule has 0 spiro atoms. The van der Waals surface area contributed by atoms with E-state index >= 15 is 0 Å². The normalized spacial score (nSPS) is 11.0. The molecular formula is C14H15BrClN3. The van der Waals surface area contributed by atoms with Crippen LogP contribution in [0.4, 0.5) is 0 Å². The fraction of sp³-hybridized carbons (Fsp3) is 0.286. The lowest BCUT2D eigenvalue weighted by molar-refractivity contribution is 0.409. The molecule has 0 aliphatic carbocycles. The first kappa shape index (κ1) is 14.4. The summed E-state index contributed by atoms with van der Waals surface area (Å²) >= 11 is 9.64. The van der Waals surface area contributed by atoms with Crippen LogP contribution in [0.1, 0.15) is 5.82 Å². The molecule has 0 aliphatic rings. The van der Waals surface area contributed by atoms with Crippen molar-refractivity contribution < 1.29 is 0 Å². The second kappa shape index (κ2) is 6.46. The molecule has 0 fully saturated rings. The Bertz CT molecular complexity index is 558. The molecule has 0 N–H and O–H groups in total. The second-order valence-corrected chi connectivity index (χ2v) is 5.66. The van der Waals surface area contributed by atoms with E-state index in [4.69, 9.17) is 11.6 Å². The molecule has 0 saturated carbocycles. The molecule has 5 heteroatoms. The van der Waals surface area contributed by atoms with Gasteiger partial charge in [-0.1, -0.05) is 41.9 Å². The van der Waals surface area contributed by atoms with E-state index in [0.29, 0.717) is 5.15 Å². The van der Waals surface area contributed by atoms with Gasteiger partial charge in [0, 0.05) is 18.5 Å². The molecule has 2 aromatic rings. The van der Waals surface area contributed by atoms with E-state index in [9.17, 15) is 0 Å². The summed E-state index contributed by atoms with van der Waals surface area (Å²) in [6.45, 7) is 0.895. The Kier molecular flexibility index (Phi) is 4.91. The Labute approximate surface area is 126 Å². The van der Waals surface area contributed by atoms with Crippen LogP contribution in [0.2, 0.25) is 5.15 Å². The molecular weight excluding hydrogens is 326 g/mol. The number of likely N-dealkylation sites (N-methyl/N-ethyl adjacent to an activating group) is 1. The van der Waals surface area contributed by atoms with Crippen molar-refractivity contribution >= 4 is 27.5 Å². The summed E-state index contributed by atoms with van der Waals surface area (Å²) in [7, 11) is 4.05. The molecule has 0 bridgehead atoms. The average Bonchev–Trinajstić information content (AvgIpc) is 2.41. The highest BCUT2D eigenvalue weighted by Crippen LogP contribution is 2.31. The molecule has 100 valence electrons. The maximum Gasteiger partial charge on any atom is 0.147 e. The summed E-state index contributed by atoms with van der Waals surface area (Å²) in [5.74, 6) is 0.765. The molecule has 2 rings (SSSR count). The van der Waals surface area contributed by atoms with Crippen molar-refractivity contribution in [1.29, 1.82) is 0 Å². The highest BCUT2D eigenvalue weighted by molar-refractivity contribution is 9.10. The minimum absolute atomic E-state index is 0.461. The van der Waals surface area contributed by atoms with E-state index in [-0.39, 0.29) is 0 Å². The standard InChI is InChI=1S/C14H15BrClN3/c1-19(2)9-8-11-17-13(12(15)14(16)18-11)10-6-4-3-5-7-10/h3-7H,8-9H2,1-2H3. The maximum atomic E-state index is 6.17. The predicted octanol–water partition coefficient (Wildman–Crippen LogP) is 3.66. The zero-order valence-electron chi connectivity index (χ0n) is 10.9. The van der Waals surface area contributed by atoms with Gasteiger partial charge in [-0.3, -0.25) is 0 Å². The molecule has 0 saturated heterocycles. The summed E-state index contributed by atoms with van der Waals surface area (Å²) in [6.07, 6.45) is 0.778. The lowest BCUT2D eigenvalue weighted by atomic mass is 10.1. The number of nitrogens with zero attached hydrogens (tertiary/aromatic N) is 3. The van der Waals surface area contributed by atoms with Gasteiger partial charge in [0.1, 0.15) is 11.0 Å². The van der Waals surface area contributed by atoms with E-state index < -0.39 is 0 Å². The molecule has 0 atom stereocenters. The number of aromatic nitrogens is 2. The zero-order chi connectivity index (χ0) is 13.8. The van der Waals surface area contributed by atoms with E-state index in [0.717, 1.165) is 34.5 Å². The van der Waals surface area contributed by atoms with Crippen LogP contribution in [0.25, 0.3) is 11.3 Å². The van der Waals surface area contributed by atoms with Crippen LogP contribution in [-0.4, -0.2) is 35.5 Å². The topological polar surface area (TPSA) is 29.0 Å². The minimum Gasteiger partial charge on any atom is -0.309 e. The molecule has 0 amide bonds. The smallest absolute Gasteiger partial charge is 0.147 e. The van der Waals surface area contributed by atoms with E-state index in [1.807, 2.05) is 44.4 Å². The Morgan fingerprint density at radius 1 is 1.16 bits per heavy atom. The van der Waals surface area contributed by atoms with Gasteiger partial charge >= 0.3 is 0 Å². The zero-order valence-corrected chi connectivity index (χ0v) is 13.2. The van der Waals surface area contributed by atoms with Crippen molar-refractivity contribution in [3.63, 3.8) is 0 Å². The fourth-order valence-corrected chi connectivity index (χ4v) is 2.28. The number of benzene rings is 1. The third-order valence-corrected chi connectivity index (χ3v) is 3.94. The second-order valence-electron chi connectivity index (χ2n) is 4.51. The first-order chi connectivity index (χ1) is 9.08. The molecule has 0 unspecified atom stereocenters. The van der Waals surface area contributed by atoms with Crippen LogP contribution in [0, 0.1) is 0 Å². The van der Waals surface area contributed by atoms with E-state index in [2.05, 4.69) is 30.8 Å². The van der Waals surface area contributed by atoms with Gasteiger partial charge in [-0.25, -0.2) is 9.97 Å². The van der Waals surface area contributed by atoms with Crippen LogP contribution in [0.5, 0.6) is 0 Å².